The summed E-state index contributed by atoms with van der Waals surface area (Å²) < 4.78 is 80.0. The summed E-state index contributed by atoms with van der Waals surface area (Å²) in [6.45, 7) is 4.40. The molecule has 3 saturated heterocycles. The fourth-order valence-electron chi connectivity index (χ4n) is 8.81. The molecule has 3 aliphatic rings. The van der Waals surface area contributed by atoms with Crippen molar-refractivity contribution in [1.82, 2.24) is 24.8 Å². The lowest BCUT2D eigenvalue weighted by Gasteiger charge is -2.39. The van der Waals surface area contributed by atoms with E-state index in [1.807, 2.05) is 60.5 Å². The van der Waals surface area contributed by atoms with E-state index < -0.39 is 28.8 Å². The highest BCUT2D eigenvalue weighted by atomic mass is 35.5. The van der Waals surface area contributed by atoms with E-state index in [-0.39, 0.29) is 65.8 Å². The van der Waals surface area contributed by atoms with E-state index in [0.717, 1.165) is 43.4 Å². The fraction of sp³-hybridized carbons (Fsp3) is 0.432. The van der Waals surface area contributed by atoms with Crippen molar-refractivity contribution in [2.45, 2.75) is 70.0 Å². The first-order valence-electron chi connectivity index (χ1n) is 19.9. The van der Waals surface area contributed by atoms with Gasteiger partial charge in [0.2, 0.25) is 0 Å². The number of likely N-dealkylation sites (N-methyl/N-ethyl adjacent to an activating group) is 2. The molecule has 312 valence electrons. The van der Waals surface area contributed by atoms with Gasteiger partial charge in [0.05, 0.1) is 36.1 Å². The normalized spacial score (nSPS) is 19.8. The van der Waals surface area contributed by atoms with Crippen LogP contribution in [0, 0.1) is 12.7 Å². The number of aryl methyl sites for hydroxylation is 1. The molecule has 2 aromatic heterocycles. The molecule has 3 aromatic carbocycles. The zero-order chi connectivity index (χ0) is 41.6. The number of ether oxygens (including phenoxy) is 3. The van der Waals surface area contributed by atoms with Crippen LogP contribution in [0.3, 0.4) is 0 Å². The molecule has 15 heteroatoms. The van der Waals surface area contributed by atoms with Crippen LogP contribution in [0.25, 0.3) is 22.2 Å². The maximum atomic E-state index is 17.5. The summed E-state index contributed by atoms with van der Waals surface area (Å²) in [6.07, 6.45) is -0.897. The van der Waals surface area contributed by atoms with Crippen molar-refractivity contribution in [3.63, 3.8) is 0 Å². The number of pyridine rings is 1. The number of anilines is 2. The fourth-order valence-corrected chi connectivity index (χ4v) is 9.09. The summed E-state index contributed by atoms with van der Waals surface area (Å²) in [5, 5.41) is 0.0669. The molecule has 0 radical (unpaired) electrons. The molecule has 5 aromatic rings. The molecule has 3 aliphatic heterocycles. The monoisotopic (exact) mass is 833 g/mol. The average molecular weight is 834 g/mol. The van der Waals surface area contributed by atoms with Crippen molar-refractivity contribution in [1.29, 1.82) is 0 Å². The van der Waals surface area contributed by atoms with Gasteiger partial charge >= 0.3 is 12.2 Å². The molecule has 3 fully saturated rings. The molecule has 8 rings (SSSR count). The highest BCUT2D eigenvalue weighted by Crippen LogP contribution is 2.46. The number of fused-ring (bicyclic) bond motifs is 3. The lowest BCUT2D eigenvalue weighted by Crippen LogP contribution is -2.52. The number of hydrogen-bond acceptors (Lipinski definition) is 10. The Bertz CT molecular complexity index is 2250. The number of halogens is 5. The van der Waals surface area contributed by atoms with E-state index in [1.165, 1.54) is 19.1 Å². The van der Waals surface area contributed by atoms with E-state index in [9.17, 15) is 0 Å². The van der Waals surface area contributed by atoms with Crippen molar-refractivity contribution in [2.75, 3.05) is 64.4 Å². The topological polar surface area (TPSA) is 79.3 Å². The minimum absolute atomic E-state index is 0.0367. The first-order chi connectivity index (χ1) is 28.3. The van der Waals surface area contributed by atoms with Gasteiger partial charge in [0, 0.05) is 49.7 Å². The second-order valence-corrected chi connectivity index (χ2v) is 16.3. The Hall–Kier alpha value is -4.92. The van der Waals surface area contributed by atoms with Crippen molar-refractivity contribution in [3.05, 3.63) is 93.8 Å². The maximum absolute atomic E-state index is 17.5. The standard InChI is InChI=1S/C44H48ClF4N7O3/c1-26-19-36(55(21-27-8-14-32(57-4)15-9-27)22-28-10-16-33(58-5)17-11-28)50-41(38(26)44(47,48)49)37-35(45)20-34-40(39(37)46)51-43(59-25-31-7-6-18-53(31)2)52-42(34)56-23-29-12-13-30(24-56)54(29)3/h8-11,14-17,19-20,29-31H,6-7,12-13,18,21-25H2,1-5H3/t29-,30-,31-/m0/s1. The molecule has 0 saturated carbocycles. The van der Waals surface area contributed by atoms with Crippen LogP contribution >= 0.6 is 11.6 Å². The number of benzene rings is 3. The molecule has 0 unspecified atom stereocenters. The van der Waals surface area contributed by atoms with Gasteiger partial charge in [0.25, 0.3) is 0 Å². The van der Waals surface area contributed by atoms with Crippen LogP contribution in [0.4, 0.5) is 29.2 Å². The SMILES string of the molecule is COc1ccc(CN(Cc2ccc(OC)cc2)c2cc(C)c(C(F)(F)F)c(-c3c(Cl)cc4c(N5C[C@@H]6CC[C@@H](C5)N6C)nc(OC[C@@H]5CCCN5C)nc4c3F)n2)cc1. The minimum Gasteiger partial charge on any atom is -0.497 e. The van der Waals surface area contributed by atoms with Crippen molar-refractivity contribution >= 4 is 34.1 Å². The molecular formula is C44H48ClF4N7O3. The van der Waals surface area contributed by atoms with Crippen molar-refractivity contribution in [3.8, 4) is 28.8 Å². The Morgan fingerprint density at radius 3 is 2.00 bits per heavy atom. The summed E-state index contributed by atoms with van der Waals surface area (Å²) in [5.74, 6) is 0.945. The smallest absolute Gasteiger partial charge is 0.418 e. The maximum Gasteiger partial charge on any atom is 0.418 e. The largest absolute Gasteiger partial charge is 0.497 e. The summed E-state index contributed by atoms with van der Waals surface area (Å²) in [5.41, 5.74) is -0.804. The third kappa shape index (κ3) is 8.31. The second-order valence-electron chi connectivity index (χ2n) is 15.9. The molecule has 5 heterocycles. The van der Waals surface area contributed by atoms with Gasteiger partial charge in [-0.15, -0.1) is 0 Å². The van der Waals surface area contributed by atoms with Gasteiger partial charge in [0.15, 0.2) is 5.82 Å². The summed E-state index contributed by atoms with van der Waals surface area (Å²) in [7, 11) is 7.29. The second kappa shape index (κ2) is 16.6. The number of likely N-dealkylation sites (tertiary alicyclic amines) is 1. The van der Waals surface area contributed by atoms with Crippen LogP contribution in [0.15, 0.2) is 60.7 Å². The third-order valence-electron chi connectivity index (χ3n) is 12.2. The number of rotatable bonds is 12. The zero-order valence-electron chi connectivity index (χ0n) is 33.8. The van der Waals surface area contributed by atoms with Gasteiger partial charge in [-0.25, -0.2) is 9.37 Å². The number of hydrogen-bond donors (Lipinski definition) is 0. The summed E-state index contributed by atoms with van der Waals surface area (Å²) in [6, 6.07) is 18.3. The summed E-state index contributed by atoms with van der Waals surface area (Å²) in [4.78, 5) is 22.6. The lowest BCUT2D eigenvalue weighted by molar-refractivity contribution is -0.137. The molecule has 59 heavy (non-hydrogen) atoms. The molecule has 0 aliphatic carbocycles. The molecular weight excluding hydrogens is 786 g/mol. The molecule has 3 atom stereocenters. The van der Waals surface area contributed by atoms with Crippen molar-refractivity contribution in [2.24, 2.45) is 0 Å². The van der Waals surface area contributed by atoms with Gasteiger partial charge < -0.3 is 28.9 Å². The average Bonchev–Trinajstić information content (AvgIpc) is 3.70. The zero-order valence-corrected chi connectivity index (χ0v) is 34.6. The predicted molar refractivity (Wildman–Crippen MR) is 221 cm³/mol. The highest BCUT2D eigenvalue weighted by Gasteiger charge is 2.41. The van der Waals surface area contributed by atoms with Gasteiger partial charge in [0.1, 0.15) is 35.3 Å². The molecule has 0 spiro atoms. The number of piperazine rings is 1. The predicted octanol–water partition coefficient (Wildman–Crippen LogP) is 8.79. The Labute approximate surface area is 346 Å². The molecule has 0 N–H and O–H groups in total. The van der Waals surface area contributed by atoms with Gasteiger partial charge in [-0.05, 0) is 106 Å². The lowest BCUT2D eigenvalue weighted by atomic mass is 9.98. The van der Waals surface area contributed by atoms with Crippen LogP contribution in [0.1, 0.15) is 47.9 Å². The van der Waals surface area contributed by atoms with Crippen LogP contribution in [0.2, 0.25) is 5.02 Å². The van der Waals surface area contributed by atoms with Crippen LogP contribution in [-0.2, 0) is 19.3 Å². The minimum atomic E-state index is -4.90. The van der Waals surface area contributed by atoms with Gasteiger partial charge in [-0.3, -0.25) is 4.90 Å². The number of methoxy groups -OCH3 is 2. The number of nitrogens with zero attached hydrogens (tertiary/aromatic N) is 7. The Balaban J connectivity index is 1.27. The van der Waals surface area contributed by atoms with E-state index in [2.05, 4.69) is 31.7 Å². The first-order valence-corrected chi connectivity index (χ1v) is 20.3. The van der Waals surface area contributed by atoms with Crippen LogP contribution in [0.5, 0.6) is 17.5 Å². The molecule has 10 nitrogen and oxygen atoms in total. The van der Waals surface area contributed by atoms with Crippen LogP contribution in [-0.4, -0.2) is 97.4 Å². The Kier molecular flexibility index (Phi) is 11.5. The van der Waals surface area contributed by atoms with E-state index >= 15 is 17.6 Å². The Morgan fingerprint density at radius 1 is 0.847 bits per heavy atom. The third-order valence-corrected chi connectivity index (χ3v) is 12.5. The quantitative estimate of drug-likeness (QED) is 0.114. The van der Waals surface area contributed by atoms with Crippen molar-refractivity contribution < 1.29 is 31.8 Å². The van der Waals surface area contributed by atoms with E-state index in [0.29, 0.717) is 35.8 Å². The van der Waals surface area contributed by atoms with Gasteiger partial charge in [-0.1, -0.05) is 35.9 Å². The summed E-state index contributed by atoms with van der Waals surface area (Å²) >= 11 is 6.97. The van der Waals surface area contributed by atoms with Crippen LogP contribution < -0.4 is 24.0 Å². The number of alkyl halides is 3. The highest BCUT2D eigenvalue weighted by molar-refractivity contribution is 6.34. The van der Waals surface area contributed by atoms with E-state index in [1.54, 1.807) is 14.2 Å². The number of aromatic nitrogens is 3. The Morgan fingerprint density at radius 2 is 1.46 bits per heavy atom. The van der Waals surface area contributed by atoms with Gasteiger partial charge in [-0.2, -0.15) is 23.1 Å². The first kappa shape index (κ1) is 40.8. The molecule has 2 bridgehead atoms. The molecule has 0 amide bonds. The van der Waals surface area contributed by atoms with E-state index in [4.69, 9.17) is 30.8 Å².